The van der Waals surface area contributed by atoms with Crippen LogP contribution in [0.4, 0.5) is 9.18 Å². The highest BCUT2D eigenvalue weighted by atomic mass is 19.1. The molecular weight excluding hydrogens is 309 g/mol. The van der Waals surface area contributed by atoms with Crippen molar-refractivity contribution in [1.82, 2.24) is 15.1 Å². The summed E-state index contributed by atoms with van der Waals surface area (Å²) in [5, 5.41) is 16.6. The second-order valence-corrected chi connectivity index (χ2v) is 5.77. The lowest BCUT2D eigenvalue weighted by Gasteiger charge is -2.11. The smallest absolute Gasteiger partial charge is 0.404 e. The van der Waals surface area contributed by atoms with Crippen LogP contribution >= 0.6 is 0 Å². The largest absolute Gasteiger partial charge is 0.465 e. The van der Waals surface area contributed by atoms with Gasteiger partial charge in [-0.15, -0.1) is 0 Å². The number of halogens is 1. The van der Waals surface area contributed by atoms with Crippen LogP contribution in [0.1, 0.15) is 18.9 Å². The topological polar surface area (TPSA) is 67.2 Å². The predicted molar refractivity (Wildman–Crippen MR) is 90.0 cm³/mol. The number of aromatic nitrogens is 2. The third-order valence-corrected chi connectivity index (χ3v) is 3.99. The van der Waals surface area contributed by atoms with Crippen molar-refractivity contribution < 1.29 is 14.3 Å². The van der Waals surface area contributed by atoms with Gasteiger partial charge in [0.15, 0.2) is 0 Å². The summed E-state index contributed by atoms with van der Waals surface area (Å²) < 4.78 is 14.9. The molecule has 1 aromatic heterocycles. The molecule has 0 spiro atoms. The van der Waals surface area contributed by atoms with E-state index < -0.39 is 6.09 Å². The van der Waals surface area contributed by atoms with Gasteiger partial charge in [0.05, 0.1) is 17.4 Å². The average Bonchev–Trinajstić information content (AvgIpc) is 2.97. The molecule has 24 heavy (non-hydrogen) atoms. The molecule has 0 aliphatic carbocycles. The maximum Gasteiger partial charge on any atom is 0.404 e. The van der Waals surface area contributed by atoms with Crippen molar-refractivity contribution >= 4 is 17.0 Å². The number of carboxylic acid groups (broad SMARTS) is 1. The summed E-state index contributed by atoms with van der Waals surface area (Å²) in [4.78, 5) is 10.7. The number of carbonyl (C=O) groups is 1. The lowest BCUT2D eigenvalue weighted by molar-refractivity contribution is 0.190. The first kappa shape index (κ1) is 16.0. The molecule has 2 N–H and O–H groups in total. The van der Waals surface area contributed by atoms with Crippen molar-refractivity contribution in [3.63, 3.8) is 0 Å². The van der Waals surface area contributed by atoms with Gasteiger partial charge in [-0.3, -0.25) is 0 Å². The highest BCUT2D eigenvalue weighted by molar-refractivity contribution is 5.83. The number of aryl methyl sites for hydroxylation is 1. The third-order valence-electron chi connectivity index (χ3n) is 3.99. The fraction of sp³-hybridized carbons (Fsp3) is 0.222. The van der Waals surface area contributed by atoms with Crippen molar-refractivity contribution in [1.29, 1.82) is 0 Å². The number of benzene rings is 2. The van der Waals surface area contributed by atoms with Crippen LogP contribution < -0.4 is 5.32 Å². The van der Waals surface area contributed by atoms with Crippen LogP contribution in [0.5, 0.6) is 0 Å². The first-order valence-corrected chi connectivity index (χ1v) is 7.75. The SMILES string of the molecule is CC(CCc1cccc2c1cnn2-c1ccc(F)cc1)NC(=O)O. The Labute approximate surface area is 138 Å². The molecule has 0 bridgehead atoms. The number of hydrogen-bond donors (Lipinski definition) is 2. The first-order valence-electron chi connectivity index (χ1n) is 7.75. The van der Waals surface area contributed by atoms with Gasteiger partial charge in [0.2, 0.25) is 0 Å². The van der Waals surface area contributed by atoms with Crippen LogP contribution in [0.15, 0.2) is 48.7 Å². The number of nitrogens with zero attached hydrogens (tertiary/aromatic N) is 2. The molecule has 5 nitrogen and oxygen atoms in total. The number of hydrogen-bond acceptors (Lipinski definition) is 2. The Morgan fingerprint density at radius 3 is 2.75 bits per heavy atom. The monoisotopic (exact) mass is 327 g/mol. The van der Waals surface area contributed by atoms with Gasteiger partial charge in [0.25, 0.3) is 0 Å². The van der Waals surface area contributed by atoms with Crippen LogP contribution in [-0.2, 0) is 6.42 Å². The van der Waals surface area contributed by atoms with Gasteiger partial charge < -0.3 is 10.4 Å². The second kappa shape index (κ2) is 6.70. The first-order chi connectivity index (χ1) is 11.5. The molecule has 1 heterocycles. The molecular formula is C18H18FN3O2. The maximum absolute atomic E-state index is 13.1. The van der Waals surface area contributed by atoms with Gasteiger partial charge in [0, 0.05) is 11.4 Å². The van der Waals surface area contributed by atoms with E-state index in [1.807, 2.05) is 25.1 Å². The van der Waals surface area contributed by atoms with Gasteiger partial charge >= 0.3 is 6.09 Å². The van der Waals surface area contributed by atoms with E-state index in [0.29, 0.717) is 6.42 Å². The lowest BCUT2D eigenvalue weighted by atomic mass is 10.0. The molecule has 0 aliphatic rings. The standard InChI is InChI=1S/C18H18FN3O2/c1-12(21-18(23)24)5-6-13-3-2-4-17-16(13)11-20-22(17)15-9-7-14(19)8-10-15/h2-4,7-12,21H,5-6H2,1H3,(H,23,24). The van der Waals surface area contributed by atoms with Crippen LogP contribution in [0, 0.1) is 5.82 Å². The Kier molecular flexibility index (Phi) is 4.46. The Balaban J connectivity index is 1.86. The number of amides is 1. The molecule has 0 radical (unpaired) electrons. The van der Waals surface area contributed by atoms with Gasteiger partial charge in [0.1, 0.15) is 5.82 Å². The maximum atomic E-state index is 13.1. The van der Waals surface area contributed by atoms with E-state index in [2.05, 4.69) is 10.4 Å². The van der Waals surface area contributed by atoms with E-state index in [9.17, 15) is 9.18 Å². The zero-order valence-corrected chi connectivity index (χ0v) is 13.2. The lowest BCUT2D eigenvalue weighted by Crippen LogP contribution is -2.31. The zero-order chi connectivity index (χ0) is 17.1. The molecule has 0 aliphatic heterocycles. The minimum absolute atomic E-state index is 0.120. The summed E-state index contributed by atoms with van der Waals surface area (Å²) in [5.41, 5.74) is 2.85. The van der Waals surface area contributed by atoms with Crippen molar-refractivity contribution in [3.8, 4) is 5.69 Å². The molecule has 6 heteroatoms. The van der Waals surface area contributed by atoms with Crippen molar-refractivity contribution in [2.45, 2.75) is 25.8 Å². The Morgan fingerprint density at radius 2 is 2.04 bits per heavy atom. The van der Waals surface area contributed by atoms with E-state index in [1.54, 1.807) is 23.0 Å². The molecule has 3 aromatic rings. The Bertz CT molecular complexity index is 858. The zero-order valence-electron chi connectivity index (χ0n) is 13.2. The van der Waals surface area contributed by atoms with Crippen molar-refractivity contribution in [2.24, 2.45) is 0 Å². The van der Waals surface area contributed by atoms with Crippen molar-refractivity contribution in [3.05, 3.63) is 60.0 Å². The number of fused-ring (bicyclic) bond motifs is 1. The molecule has 0 saturated heterocycles. The van der Waals surface area contributed by atoms with Gasteiger partial charge in [-0.1, -0.05) is 12.1 Å². The highest BCUT2D eigenvalue weighted by Crippen LogP contribution is 2.23. The quantitative estimate of drug-likeness (QED) is 0.750. The summed E-state index contributed by atoms with van der Waals surface area (Å²) in [7, 11) is 0. The van der Waals surface area contributed by atoms with Crippen molar-refractivity contribution in [2.75, 3.05) is 0 Å². The van der Waals surface area contributed by atoms with E-state index in [0.717, 1.165) is 28.6 Å². The number of nitrogens with one attached hydrogen (secondary N) is 1. The fourth-order valence-electron chi connectivity index (χ4n) is 2.77. The molecule has 3 rings (SSSR count). The highest BCUT2D eigenvalue weighted by Gasteiger charge is 2.11. The second-order valence-electron chi connectivity index (χ2n) is 5.77. The average molecular weight is 327 g/mol. The molecule has 124 valence electrons. The summed E-state index contributed by atoms with van der Waals surface area (Å²) in [6.45, 7) is 1.84. The molecule has 1 amide bonds. The van der Waals surface area contributed by atoms with E-state index >= 15 is 0 Å². The summed E-state index contributed by atoms with van der Waals surface area (Å²) in [6.07, 6.45) is 2.23. The summed E-state index contributed by atoms with van der Waals surface area (Å²) in [5.74, 6) is -0.282. The molecule has 2 aromatic carbocycles. The van der Waals surface area contributed by atoms with E-state index in [-0.39, 0.29) is 11.9 Å². The van der Waals surface area contributed by atoms with Crippen LogP contribution in [0.2, 0.25) is 0 Å². The Morgan fingerprint density at radius 1 is 1.29 bits per heavy atom. The normalized spacial score (nSPS) is 12.2. The number of rotatable bonds is 5. The van der Waals surface area contributed by atoms with Gasteiger partial charge in [-0.2, -0.15) is 5.10 Å². The van der Waals surface area contributed by atoms with E-state index in [1.165, 1.54) is 12.1 Å². The van der Waals surface area contributed by atoms with Gasteiger partial charge in [-0.05, 0) is 55.7 Å². The van der Waals surface area contributed by atoms with E-state index in [4.69, 9.17) is 5.11 Å². The van der Waals surface area contributed by atoms with Crippen LogP contribution in [0.25, 0.3) is 16.6 Å². The predicted octanol–water partition coefficient (Wildman–Crippen LogP) is 3.75. The van der Waals surface area contributed by atoms with Crippen LogP contribution in [0.3, 0.4) is 0 Å². The molecule has 0 saturated carbocycles. The Hall–Kier alpha value is -2.89. The van der Waals surface area contributed by atoms with Gasteiger partial charge in [-0.25, -0.2) is 13.9 Å². The molecule has 1 unspecified atom stereocenters. The summed E-state index contributed by atoms with van der Waals surface area (Å²) >= 11 is 0. The molecule has 1 atom stereocenters. The summed E-state index contributed by atoms with van der Waals surface area (Å²) in [6, 6.07) is 12.0. The minimum Gasteiger partial charge on any atom is -0.465 e. The fourth-order valence-corrected chi connectivity index (χ4v) is 2.77. The minimum atomic E-state index is -1.01. The van der Waals surface area contributed by atoms with Crippen LogP contribution in [-0.4, -0.2) is 27.0 Å². The molecule has 0 fully saturated rings. The third kappa shape index (κ3) is 3.37.